The van der Waals surface area contributed by atoms with E-state index in [-0.39, 0.29) is 16.7 Å². The molecule has 0 aromatic heterocycles. The molecule has 6 nitrogen and oxygen atoms in total. The Morgan fingerprint density at radius 1 is 1.10 bits per heavy atom. The fourth-order valence-corrected chi connectivity index (χ4v) is 4.61. The summed E-state index contributed by atoms with van der Waals surface area (Å²) in [5.74, 6) is 0.887. The zero-order valence-corrected chi connectivity index (χ0v) is 19.3. The summed E-state index contributed by atoms with van der Waals surface area (Å²) in [5, 5.41) is 0. The fourth-order valence-electron chi connectivity index (χ4n) is 3.66. The van der Waals surface area contributed by atoms with Crippen LogP contribution in [0.15, 0.2) is 41.3 Å². The van der Waals surface area contributed by atoms with Gasteiger partial charge in [-0.25, -0.2) is 12.7 Å². The predicted molar refractivity (Wildman–Crippen MR) is 119 cm³/mol. The smallest absolute Gasteiger partial charge is 0.267 e. The van der Waals surface area contributed by atoms with Crippen molar-refractivity contribution in [2.45, 2.75) is 51.0 Å². The van der Waals surface area contributed by atoms with Crippen LogP contribution in [0.5, 0.6) is 5.75 Å². The molecule has 0 saturated heterocycles. The van der Waals surface area contributed by atoms with Crippen LogP contribution in [-0.2, 0) is 21.2 Å². The molecule has 0 fully saturated rings. The Balaban J connectivity index is 1.83. The van der Waals surface area contributed by atoms with Crippen LogP contribution in [0.4, 0.5) is 5.69 Å². The number of rotatable bonds is 6. The van der Waals surface area contributed by atoms with Crippen LogP contribution in [0.3, 0.4) is 0 Å². The quantitative estimate of drug-likeness (QED) is 0.700. The van der Waals surface area contributed by atoms with Crippen molar-refractivity contribution >= 4 is 21.6 Å². The number of carbonyl (C=O) groups is 1. The van der Waals surface area contributed by atoms with Gasteiger partial charge in [0, 0.05) is 26.3 Å². The van der Waals surface area contributed by atoms with E-state index < -0.39 is 16.1 Å². The number of hydrogen-bond donors (Lipinski definition) is 0. The van der Waals surface area contributed by atoms with Crippen molar-refractivity contribution < 1.29 is 17.9 Å². The molecule has 1 atom stereocenters. The highest BCUT2D eigenvalue weighted by Crippen LogP contribution is 2.33. The molecule has 0 saturated carbocycles. The molecule has 7 heteroatoms. The zero-order chi connectivity index (χ0) is 22.2. The van der Waals surface area contributed by atoms with E-state index in [0.29, 0.717) is 13.0 Å². The van der Waals surface area contributed by atoms with E-state index in [9.17, 15) is 13.2 Å². The maximum absolute atomic E-state index is 13.1. The molecule has 0 aliphatic carbocycles. The van der Waals surface area contributed by atoms with Crippen molar-refractivity contribution in [1.82, 2.24) is 4.31 Å². The van der Waals surface area contributed by atoms with Crippen LogP contribution in [0.2, 0.25) is 0 Å². The highest BCUT2D eigenvalue weighted by atomic mass is 32.2. The number of hydrogen-bond acceptors (Lipinski definition) is 4. The minimum atomic E-state index is -3.51. The van der Waals surface area contributed by atoms with Gasteiger partial charge in [-0.3, -0.25) is 4.79 Å². The minimum absolute atomic E-state index is 0.131. The number of ether oxygens (including phenoxy) is 1. The van der Waals surface area contributed by atoms with E-state index in [1.807, 2.05) is 25.1 Å². The summed E-state index contributed by atoms with van der Waals surface area (Å²) in [6, 6.07) is 11.0. The molecule has 162 valence electrons. The molecular formula is C23H30N2O4S. The van der Waals surface area contributed by atoms with Gasteiger partial charge >= 0.3 is 0 Å². The maximum Gasteiger partial charge on any atom is 0.267 e. The molecule has 0 unspecified atom stereocenters. The minimum Gasteiger partial charge on any atom is -0.481 e. The Kier molecular flexibility index (Phi) is 6.24. The van der Waals surface area contributed by atoms with Crippen molar-refractivity contribution in [3.8, 4) is 5.75 Å². The van der Waals surface area contributed by atoms with Crippen LogP contribution in [0.1, 0.15) is 43.4 Å². The number of fused-ring (bicyclic) bond motifs is 1. The highest BCUT2D eigenvalue weighted by molar-refractivity contribution is 7.89. The van der Waals surface area contributed by atoms with Gasteiger partial charge in [0.1, 0.15) is 5.75 Å². The average molecular weight is 431 g/mol. The molecule has 0 bridgehead atoms. The zero-order valence-electron chi connectivity index (χ0n) is 18.5. The molecule has 0 radical (unpaired) electrons. The second kappa shape index (κ2) is 8.40. The molecule has 1 amide bonds. The molecule has 30 heavy (non-hydrogen) atoms. The van der Waals surface area contributed by atoms with Crippen LogP contribution >= 0.6 is 0 Å². The third-order valence-corrected chi connectivity index (χ3v) is 7.24. The van der Waals surface area contributed by atoms with E-state index in [0.717, 1.165) is 28.1 Å². The van der Waals surface area contributed by atoms with Crippen molar-refractivity contribution in [2.75, 3.05) is 25.5 Å². The molecule has 1 heterocycles. The second-order valence-corrected chi connectivity index (χ2v) is 10.4. The largest absolute Gasteiger partial charge is 0.481 e. The Hall–Kier alpha value is -2.38. The van der Waals surface area contributed by atoms with E-state index in [1.165, 1.54) is 18.4 Å². The van der Waals surface area contributed by atoms with Crippen LogP contribution in [-0.4, -0.2) is 45.4 Å². The van der Waals surface area contributed by atoms with Gasteiger partial charge in [0.2, 0.25) is 10.0 Å². The van der Waals surface area contributed by atoms with Gasteiger partial charge in [0.15, 0.2) is 6.10 Å². The lowest BCUT2D eigenvalue weighted by atomic mass is 10.0. The fraction of sp³-hybridized carbons (Fsp3) is 0.435. The van der Waals surface area contributed by atoms with Crippen molar-refractivity contribution in [3.63, 3.8) is 0 Å². The number of nitrogens with zero attached hydrogens (tertiary/aromatic N) is 2. The van der Waals surface area contributed by atoms with Gasteiger partial charge in [0.25, 0.3) is 5.91 Å². The van der Waals surface area contributed by atoms with Gasteiger partial charge in [-0.1, -0.05) is 26.0 Å². The topological polar surface area (TPSA) is 66.9 Å². The normalized spacial score (nSPS) is 14.9. The number of carbonyl (C=O) groups excluding carboxylic acids is 1. The van der Waals surface area contributed by atoms with E-state index in [2.05, 4.69) is 13.8 Å². The summed E-state index contributed by atoms with van der Waals surface area (Å²) in [4.78, 5) is 15.1. The van der Waals surface area contributed by atoms with Gasteiger partial charge in [0.05, 0.1) is 4.90 Å². The predicted octanol–water partition coefficient (Wildman–Crippen LogP) is 3.73. The number of sulfonamides is 1. The standard InChI is InChI=1S/C23H30N2O4S/c1-15(2)20-9-7-16(3)13-22(20)29-17(4)23(26)25-12-11-18-14-19(8-10-21(18)25)30(27,28)24(5)6/h7-10,13-15,17H,11-12H2,1-6H3/t17-/m1/s1. The molecule has 1 aliphatic rings. The van der Waals surface area contributed by atoms with Crippen molar-refractivity contribution in [1.29, 1.82) is 0 Å². The van der Waals surface area contributed by atoms with Crippen LogP contribution in [0, 0.1) is 6.92 Å². The van der Waals surface area contributed by atoms with E-state index in [4.69, 9.17) is 4.74 Å². The first kappa shape index (κ1) is 22.3. The van der Waals surface area contributed by atoms with Crippen molar-refractivity contribution in [3.05, 3.63) is 53.1 Å². The second-order valence-electron chi connectivity index (χ2n) is 8.27. The lowest BCUT2D eigenvalue weighted by molar-refractivity contribution is -0.124. The summed E-state index contributed by atoms with van der Waals surface area (Å²) < 4.78 is 32.1. The van der Waals surface area contributed by atoms with Gasteiger partial charge in [-0.05, 0) is 67.1 Å². The number of anilines is 1. The van der Waals surface area contributed by atoms with Gasteiger partial charge < -0.3 is 9.64 Å². The van der Waals surface area contributed by atoms with Gasteiger partial charge in [-0.15, -0.1) is 0 Å². The Labute approximate surface area is 179 Å². The van der Waals surface area contributed by atoms with E-state index in [1.54, 1.807) is 30.0 Å². The summed E-state index contributed by atoms with van der Waals surface area (Å²) in [5.41, 5.74) is 3.76. The first-order chi connectivity index (χ1) is 14.0. The number of benzene rings is 2. The molecule has 3 rings (SSSR count). The molecule has 1 aliphatic heterocycles. The molecule has 0 spiro atoms. The Morgan fingerprint density at radius 3 is 2.43 bits per heavy atom. The SMILES string of the molecule is Cc1ccc(C(C)C)c(O[C@H](C)C(=O)N2CCc3cc(S(=O)(=O)N(C)C)ccc32)c1. The summed E-state index contributed by atoms with van der Waals surface area (Å²) in [7, 11) is -0.489. The number of amides is 1. The molecule has 2 aromatic rings. The van der Waals surface area contributed by atoms with E-state index >= 15 is 0 Å². The van der Waals surface area contributed by atoms with Gasteiger partial charge in [-0.2, -0.15) is 0 Å². The maximum atomic E-state index is 13.1. The third kappa shape index (κ3) is 4.23. The summed E-state index contributed by atoms with van der Waals surface area (Å²) in [6.07, 6.45) is -0.0350. The Morgan fingerprint density at radius 2 is 1.80 bits per heavy atom. The van der Waals surface area contributed by atoms with Crippen molar-refractivity contribution in [2.24, 2.45) is 0 Å². The van der Waals surface area contributed by atoms with Crippen LogP contribution < -0.4 is 9.64 Å². The summed E-state index contributed by atoms with van der Waals surface area (Å²) >= 11 is 0. The lowest BCUT2D eigenvalue weighted by Gasteiger charge is -2.24. The summed E-state index contributed by atoms with van der Waals surface area (Å²) in [6.45, 7) is 8.47. The lowest BCUT2D eigenvalue weighted by Crippen LogP contribution is -2.39. The monoisotopic (exact) mass is 430 g/mol. The first-order valence-electron chi connectivity index (χ1n) is 10.2. The third-order valence-electron chi connectivity index (χ3n) is 5.43. The number of aryl methyl sites for hydroxylation is 1. The van der Waals surface area contributed by atoms with Crippen LogP contribution in [0.25, 0.3) is 0 Å². The highest BCUT2D eigenvalue weighted by Gasteiger charge is 2.31. The average Bonchev–Trinajstić information content (AvgIpc) is 3.10. The first-order valence-corrected chi connectivity index (χ1v) is 11.6. The molecule has 0 N–H and O–H groups in total. The molecule has 2 aromatic carbocycles. The Bertz CT molecular complexity index is 1060. The molecular weight excluding hydrogens is 400 g/mol.